The lowest BCUT2D eigenvalue weighted by atomic mass is 10.2. The maximum atomic E-state index is 5.42. The highest BCUT2D eigenvalue weighted by atomic mass is 127. The minimum Gasteiger partial charge on any atom is -0.379 e. The minimum atomic E-state index is 0.583. The van der Waals surface area contributed by atoms with Crippen LogP contribution in [0.15, 0.2) is 12.4 Å². The van der Waals surface area contributed by atoms with Crippen molar-refractivity contribution >= 4 is 28.5 Å². The normalized spacial score (nSPS) is 10.7. The fourth-order valence-electron chi connectivity index (χ4n) is 0.958. The topological polar surface area (TPSA) is 47.0 Å². The summed E-state index contributed by atoms with van der Waals surface area (Å²) in [6.07, 6.45) is 3.57. The molecule has 0 spiro atoms. The van der Waals surface area contributed by atoms with Gasteiger partial charge in [-0.3, -0.25) is 0 Å². The van der Waals surface area contributed by atoms with E-state index < -0.39 is 0 Å². The molecule has 0 atom stereocenters. The second-order valence-electron chi connectivity index (χ2n) is 3.62. The Morgan fingerprint density at radius 1 is 1.40 bits per heavy atom. The van der Waals surface area contributed by atoms with E-state index in [-0.39, 0.29) is 0 Å². The lowest BCUT2D eigenvalue weighted by Gasteiger charge is -2.07. The molecule has 4 nitrogen and oxygen atoms in total. The van der Waals surface area contributed by atoms with Gasteiger partial charge in [-0.1, -0.05) is 13.8 Å². The van der Waals surface area contributed by atoms with Crippen molar-refractivity contribution in [1.82, 2.24) is 9.97 Å². The van der Waals surface area contributed by atoms with Crippen LogP contribution in [-0.4, -0.2) is 29.7 Å². The zero-order chi connectivity index (χ0) is 11.1. The Bertz CT molecular complexity index is 277. The number of nitrogens with one attached hydrogen (secondary N) is 1. The standard InChI is InChI=1S/C10H16IN3O/c1-8(2)7-15-4-3-12-10-13-5-9(11)6-14-10/h5-6,8H,3-4,7H2,1-2H3,(H,12,13,14). The number of nitrogens with zero attached hydrogens (tertiary/aromatic N) is 2. The van der Waals surface area contributed by atoms with Crippen LogP contribution in [-0.2, 0) is 4.74 Å². The van der Waals surface area contributed by atoms with Crippen molar-refractivity contribution < 1.29 is 4.74 Å². The number of anilines is 1. The van der Waals surface area contributed by atoms with Crippen molar-refractivity contribution in [1.29, 1.82) is 0 Å². The summed E-state index contributed by atoms with van der Waals surface area (Å²) in [6, 6.07) is 0. The summed E-state index contributed by atoms with van der Waals surface area (Å²) in [5.74, 6) is 1.24. The maximum absolute atomic E-state index is 5.42. The summed E-state index contributed by atoms with van der Waals surface area (Å²) < 4.78 is 6.46. The molecule has 0 aliphatic heterocycles. The van der Waals surface area contributed by atoms with Gasteiger partial charge in [0.1, 0.15) is 0 Å². The highest BCUT2D eigenvalue weighted by molar-refractivity contribution is 14.1. The van der Waals surface area contributed by atoms with Gasteiger partial charge in [-0.2, -0.15) is 0 Å². The van der Waals surface area contributed by atoms with Crippen LogP contribution in [0.1, 0.15) is 13.8 Å². The Morgan fingerprint density at radius 3 is 2.67 bits per heavy atom. The maximum Gasteiger partial charge on any atom is 0.222 e. The molecule has 15 heavy (non-hydrogen) atoms. The lowest BCUT2D eigenvalue weighted by molar-refractivity contribution is 0.118. The molecule has 0 amide bonds. The second kappa shape index (κ2) is 6.95. The van der Waals surface area contributed by atoms with E-state index in [0.29, 0.717) is 18.5 Å². The van der Waals surface area contributed by atoms with Gasteiger partial charge in [0.15, 0.2) is 0 Å². The quantitative estimate of drug-likeness (QED) is 0.644. The van der Waals surface area contributed by atoms with Crippen molar-refractivity contribution in [3.05, 3.63) is 16.0 Å². The van der Waals surface area contributed by atoms with E-state index in [1.165, 1.54) is 0 Å². The van der Waals surface area contributed by atoms with Crippen molar-refractivity contribution in [3.8, 4) is 0 Å². The number of aromatic nitrogens is 2. The molecule has 1 aromatic heterocycles. The van der Waals surface area contributed by atoms with E-state index in [1.54, 1.807) is 12.4 Å². The van der Waals surface area contributed by atoms with Crippen molar-refractivity contribution in [2.75, 3.05) is 25.1 Å². The third-order valence-electron chi connectivity index (χ3n) is 1.60. The number of halogens is 1. The molecular weight excluding hydrogens is 305 g/mol. The van der Waals surface area contributed by atoms with Crippen molar-refractivity contribution in [2.24, 2.45) is 5.92 Å². The number of hydrogen-bond acceptors (Lipinski definition) is 4. The number of ether oxygens (including phenoxy) is 1. The van der Waals surface area contributed by atoms with E-state index in [2.05, 4.69) is 51.7 Å². The first-order valence-electron chi connectivity index (χ1n) is 4.97. The number of rotatable bonds is 6. The van der Waals surface area contributed by atoms with Gasteiger partial charge in [-0.05, 0) is 28.5 Å². The summed E-state index contributed by atoms with van der Waals surface area (Å²) in [7, 11) is 0. The third kappa shape index (κ3) is 5.88. The van der Waals surface area contributed by atoms with Gasteiger partial charge < -0.3 is 10.1 Å². The monoisotopic (exact) mass is 321 g/mol. The average Bonchev–Trinajstić information content (AvgIpc) is 2.20. The van der Waals surface area contributed by atoms with Gasteiger partial charge >= 0.3 is 0 Å². The Morgan fingerprint density at radius 2 is 2.07 bits per heavy atom. The fourth-order valence-corrected chi connectivity index (χ4v) is 1.24. The molecule has 1 aromatic rings. The summed E-state index contributed by atoms with van der Waals surface area (Å²) >= 11 is 2.18. The van der Waals surface area contributed by atoms with Crippen LogP contribution in [0.25, 0.3) is 0 Å². The molecule has 0 aliphatic rings. The predicted molar refractivity (Wildman–Crippen MR) is 68.9 cm³/mol. The Hall–Kier alpha value is -0.430. The summed E-state index contributed by atoms with van der Waals surface area (Å²) in [5, 5.41) is 3.10. The van der Waals surface area contributed by atoms with Crippen LogP contribution in [0.4, 0.5) is 5.95 Å². The average molecular weight is 321 g/mol. The van der Waals surface area contributed by atoms with Gasteiger partial charge in [-0.25, -0.2) is 9.97 Å². The highest BCUT2D eigenvalue weighted by Gasteiger charge is 1.96. The van der Waals surface area contributed by atoms with E-state index in [0.717, 1.165) is 16.7 Å². The molecule has 1 rings (SSSR count). The van der Waals surface area contributed by atoms with E-state index in [1.807, 2.05) is 0 Å². The van der Waals surface area contributed by atoms with Crippen molar-refractivity contribution in [3.63, 3.8) is 0 Å². The second-order valence-corrected chi connectivity index (χ2v) is 4.87. The lowest BCUT2D eigenvalue weighted by Crippen LogP contribution is -2.13. The highest BCUT2D eigenvalue weighted by Crippen LogP contribution is 2.02. The van der Waals surface area contributed by atoms with Crippen LogP contribution in [0.3, 0.4) is 0 Å². The third-order valence-corrected chi connectivity index (χ3v) is 2.16. The summed E-state index contributed by atoms with van der Waals surface area (Å²) in [4.78, 5) is 8.25. The van der Waals surface area contributed by atoms with E-state index >= 15 is 0 Å². The number of hydrogen-bond donors (Lipinski definition) is 1. The van der Waals surface area contributed by atoms with Gasteiger partial charge in [0.05, 0.1) is 6.61 Å². The minimum absolute atomic E-state index is 0.583. The van der Waals surface area contributed by atoms with Crippen LogP contribution in [0.5, 0.6) is 0 Å². The molecule has 0 aromatic carbocycles. The molecule has 0 radical (unpaired) electrons. The molecule has 1 heterocycles. The zero-order valence-electron chi connectivity index (χ0n) is 9.03. The molecule has 0 saturated heterocycles. The SMILES string of the molecule is CC(C)COCCNc1ncc(I)cn1. The summed E-state index contributed by atoms with van der Waals surface area (Å²) in [6.45, 7) is 6.50. The molecule has 84 valence electrons. The van der Waals surface area contributed by atoms with Crippen molar-refractivity contribution in [2.45, 2.75) is 13.8 Å². The first kappa shape index (κ1) is 12.6. The predicted octanol–water partition coefficient (Wildman–Crippen LogP) is 2.17. The molecule has 0 aliphatic carbocycles. The first-order chi connectivity index (χ1) is 7.18. The van der Waals surface area contributed by atoms with Crippen LogP contribution in [0, 0.1) is 9.49 Å². The van der Waals surface area contributed by atoms with Crippen LogP contribution in [0.2, 0.25) is 0 Å². The molecule has 0 fully saturated rings. The molecule has 0 unspecified atom stereocenters. The van der Waals surface area contributed by atoms with E-state index in [9.17, 15) is 0 Å². The first-order valence-corrected chi connectivity index (χ1v) is 6.05. The molecule has 1 N–H and O–H groups in total. The van der Waals surface area contributed by atoms with Gasteiger partial charge in [0.2, 0.25) is 5.95 Å². The van der Waals surface area contributed by atoms with Gasteiger partial charge in [0, 0.05) is 29.1 Å². The van der Waals surface area contributed by atoms with Gasteiger partial charge in [-0.15, -0.1) is 0 Å². The van der Waals surface area contributed by atoms with Crippen LogP contribution >= 0.6 is 22.6 Å². The zero-order valence-corrected chi connectivity index (χ0v) is 11.2. The largest absolute Gasteiger partial charge is 0.379 e. The Kier molecular flexibility index (Phi) is 5.85. The smallest absolute Gasteiger partial charge is 0.222 e. The fraction of sp³-hybridized carbons (Fsp3) is 0.600. The molecule has 0 bridgehead atoms. The molecule has 0 saturated carbocycles. The van der Waals surface area contributed by atoms with E-state index in [4.69, 9.17) is 4.74 Å². The Labute approximate surface area is 104 Å². The van der Waals surface area contributed by atoms with Crippen LogP contribution < -0.4 is 5.32 Å². The summed E-state index contributed by atoms with van der Waals surface area (Å²) in [5.41, 5.74) is 0. The molecule has 5 heteroatoms. The van der Waals surface area contributed by atoms with Gasteiger partial charge in [0.25, 0.3) is 0 Å². The Balaban J connectivity index is 2.12. The molecular formula is C10H16IN3O.